The van der Waals surface area contributed by atoms with Crippen LogP contribution in [0.3, 0.4) is 0 Å². The molecule has 2 N–H and O–H groups in total. The van der Waals surface area contributed by atoms with Gasteiger partial charge in [0.15, 0.2) is 0 Å². The van der Waals surface area contributed by atoms with Crippen molar-refractivity contribution in [3.05, 3.63) is 35.9 Å². The van der Waals surface area contributed by atoms with Gasteiger partial charge < -0.3 is 10.4 Å². The zero-order valence-electron chi connectivity index (χ0n) is 10.5. The van der Waals surface area contributed by atoms with E-state index in [2.05, 4.69) is 5.32 Å². The van der Waals surface area contributed by atoms with E-state index in [-0.39, 0.29) is 0 Å². The molecule has 0 fully saturated rings. The molecule has 0 amide bonds. The van der Waals surface area contributed by atoms with Gasteiger partial charge in [-0.05, 0) is 12.5 Å². The summed E-state index contributed by atoms with van der Waals surface area (Å²) in [5, 5.41) is 13.4. The van der Waals surface area contributed by atoms with Gasteiger partial charge in [-0.2, -0.15) is 0 Å². The van der Waals surface area contributed by atoms with Crippen molar-refractivity contribution in [2.75, 3.05) is 24.6 Å². The normalized spacial score (nSPS) is 16.4. The standard InChI is InChI=1S/C13H21NO2S/c1-3-17(16)10-9-14-11-13(2,15)12-7-5-4-6-8-12/h4-8,14-15H,3,9-11H2,1-2H3. The zero-order chi connectivity index (χ0) is 12.7. The minimum atomic E-state index is -0.880. The molecule has 1 aromatic rings. The molecule has 0 saturated carbocycles. The monoisotopic (exact) mass is 255 g/mol. The van der Waals surface area contributed by atoms with Crippen molar-refractivity contribution in [2.24, 2.45) is 0 Å². The Morgan fingerprint density at radius 3 is 2.59 bits per heavy atom. The van der Waals surface area contributed by atoms with Gasteiger partial charge in [0.25, 0.3) is 0 Å². The highest BCUT2D eigenvalue weighted by atomic mass is 32.2. The second-order valence-corrected chi connectivity index (χ2v) is 6.11. The van der Waals surface area contributed by atoms with Crippen molar-refractivity contribution in [3.63, 3.8) is 0 Å². The van der Waals surface area contributed by atoms with Gasteiger partial charge in [-0.15, -0.1) is 0 Å². The maximum atomic E-state index is 11.2. The Morgan fingerprint density at radius 1 is 1.35 bits per heavy atom. The van der Waals surface area contributed by atoms with Gasteiger partial charge in [-0.25, -0.2) is 0 Å². The van der Waals surface area contributed by atoms with Gasteiger partial charge in [0.1, 0.15) is 0 Å². The molecule has 0 radical (unpaired) electrons. The van der Waals surface area contributed by atoms with E-state index in [1.165, 1.54) is 0 Å². The molecule has 17 heavy (non-hydrogen) atoms. The third-order valence-corrected chi connectivity index (χ3v) is 4.00. The lowest BCUT2D eigenvalue weighted by Crippen LogP contribution is -2.37. The lowest BCUT2D eigenvalue weighted by atomic mass is 9.96. The minimum absolute atomic E-state index is 0.470. The van der Waals surface area contributed by atoms with Crippen molar-refractivity contribution in [3.8, 4) is 0 Å². The van der Waals surface area contributed by atoms with Crippen LogP contribution in [0.5, 0.6) is 0 Å². The largest absolute Gasteiger partial charge is 0.384 e. The van der Waals surface area contributed by atoms with Crippen molar-refractivity contribution in [2.45, 2.75) is 19.4 Å². The van der Waals surface area contributed by atoms with E-state index in [1.807, 2.05) is 37.3 Å². The summed E-state index contributed by atoms with van der Waals surface area (Å²) in [7, 11) is -0.744. The number of aliphatic hydroxyl groups is 1. The van der Waals surface area contributed by atoms with Crippen LogP contribution in [-0.2, 0) is 16.4 Å². The molecule has 0 aliphatic carbocycles. The molecular formula is C13H21NO2S. The molecule has 96 valence electrons. The van der Waals surface area contributed by atoms with Crippen LogP contribution in [0, 0.1) is 0 Å². The van der Waals surface area contributed by atoms with Gasteiger partial charge in [-0.3, -0.25) is 4.21 Å². The van der Waals surface area contributed by atoms with Crippen molar-refractivity contribution >= 4 is 10.8 Å². The number of hydrogen-bond donors (Lipinski definition) is 2. The number of benzene rings is 1. The van der Waals surface area contributed by atoms with Gasteiger partial charge in [0.05, 0.1) is 5.60 Å². The third kappa shape index (κ3) is 4.98. The molecule has 0 aliphatic rings. The summed E-state index contributed by atoms with van der Waals surface area (Å²) < 4.78 is 11.2. The molecular weight excluding hydrogens is 234 g/mol. The maximum absolute atomic E-state index is 11.2. The Kier molecular flexibility index (Phi) is 5.82. The molecule has 1 aromatic carbocycles. The summed E-state index contributed by atoms with van der Waals surface area (Å²) in [5.74, 6) is 1.33. The van der Waals surface area contributed by atoms with Crippen LogP contribution >= 0.6 is 0 Å². The highest BCUT2D eigenvalue weighted by Crippen LogP contribution is 2.18. The fraction of sp³-hybridized carbons (Fsp3) is 0.538. The molecule has 0 aliphatic heterocycles. The van der Waals surface area contributed by atoms with Gasteiger partial charge in [-0.1, -0.05) is 37.3 Å². The Hall–Kier alpha value is -0.710. The molecule has 4 heteroatoms. The summed E-state index contributed by atoms with van der Waals surface area (Å²) in [6.45, 7) is 4.84. The van der Waals surface area contributed by atoms with E-state index >= 15 is 0 Å². The summed E-state index contributed by atoms with van der Waals surface area (Å²) in [6, 6.07) is 9.57. The van der Waals surface area contributed by atoms with Crippen LogP contribution in [-0.4, -0.2) is 33.9 Å². The van der Waals surface area contributed by atoms with Crippen LogP contribution in [0.15, 0.2) is 30.3 Å². The van der Waals surface area contributed by atoms with E-state index in [0.29, 0.717) is 24.6 Å². The highest BCUT2D eigenvalue weighted by Gasteiger charge is 2.21. The lowest BCUT2D eigenvalue weighted by molar-refractivity contribution is 0.0577. The first-order chi connectivity index (χ1) is 8.06. The number of hydrogen-bond acceptors (Lipinski definition) is 3. The number of nitrogens with one attached hydrogen (secondary N) is 1. The summed E-state index contributed by atoms with van der Waals surface area (Å²) in [4.78, 5) is 0. The van der Waals surface area contributed by atoms with Crippen LogP contribution < -0.4 is 5.32 Å². The molecule has 2 atom stereocenters. The Bertz CT molecular complexity index is 352. The Morgan fingerprint density at radius 2 is 2.00 bits per heavy atom. The van der Waals surface area contributed by atoms with Crippen LogP contribution in [0.2, 0.25) is 0 Å². The minimum Gasteiger partial charge on any atom is -0.384 e. The molecule has 0 spiro atoms. The first-order valence-electron chi connectivity index (χ1n) is 5.90. The highest BCUT2D eigenvalue weighted by molar-refractivity contribution is 7.84. The smallest absolute Gasteiger partial charge is 0.0992 e. The molecule has 0 aromatic heterocycles. The van der Waals surface area contributed by atoms with E-state index < -0.39 is 16.4 Å². The lowest BCUT2D eigenvalue weighted by Gasteiger charge is -2.24. The second-order valence-electron chi connectivity index (χ2n) is 4.25. The van der Waals surface area contributed by atoms with Gasteiger partial charge in [0, 0.05) is 35.4 Å². The van der Waals surface area contributed by atoms with E-state index in [1.54, 1.807) is 6.92 Å². The summed E-state index contributed by atoms with van der Waals surface area (Å²) in [5.41, 5.74) is 0.0127. The molecule has 1 rings (SSSR count). The molecule has 0 bridgehead atoms. The van der Waals surface area contributed by atoms with Crippen LogP contribution in [0.4, 0.5) is 0 Å². The third-order valence-electron chi connectivity index (χ3n) is 2.69. The SMILES string of the molecule is CCS(=O)CCNCC(C)(O)c1ccccc1. The fourth-order valence-electron chi connectivity index (χ4n) is 1.56. The van der Waals surface area contributed by atoms with E-state index in [0.717, 1.165) is 5.56 Å². The topological polar surface area (TPSA) is 49.3 Å². The Labute approximate surface area is 106 Å². The molecule has 0 heterocycles. The van der Waals surface area contributed by atoms with Crippen molar-refractivity contribution < 1.29 is 9.32 Å². The zero-order valence-corrected chi connectivity index (χ0v) is 11.3. The average molecular weight is 255 g/mol. The second kappa shape index (κ2) is 6.89. The van der Waals surface area contributed by atoms with Crippen LogP contribution in [0.25, 0.3) is 0 Å². The quantitative estimate of drug-likeness (QED) is 0.721. The predicted molar refractivity (Wildman–Crippen MR) is 72.4 cm³/mol. The molecule has 3 nitrogen and oxygen atoms in total. The summed E-state index contributed by atoms with van der Waals surface area (Å²) >= 11 is 0. The average Bonchev–Trinajstić information content (AvgIpc) is 2.35. The van der Waals surface area contributed by atoms with Crippen LogP contribution in [0.1, 0.15) is 19.4 Å². The number of rotatable bonds is 7. The predicted octanol–water partition coefficient (Wildman–Crippen LogP) is 1.25. The van der Waals surface area contributed by atoms with Crippen molar-refractivity contribution in [1.29, 1.82) is 0 Å². The van der Waals surface area contributed by atoms with E-state index in [4.69, 9.17) is 0 Å². The fourth-order valence-corrected chi connectivity index (χ4v) is 2.22. The first-order valence-corrected chi connectivity index (χ1v) is 7.38. The molecule has 2 unspecified atom stereocenters. The Balaban J connectivity index is 2.38. The van der Waals surface area contributed by atoms with E-state index in [9.17, 15) is 9.32 Å². The van der Waals surface area contributed by atoms with Crippen molar-refractivity contribution in [1.82, 2.24) is 5.32 Å². The van der Waals surface area contributed by atoms with Gasteiger partial charge in [0.2, 0.25) is 0 Å². The first kappa shape index (κ1) is 14.4. The summed E-state index contributed by atoms with van der Waals surface area (Å²) in [6.07, 6.45) is 0. The maximum Gasteiger partial charge on any atom is 0.0992 e. The van der Waals surface area contributed by atoms with Gasteiger partial charge >= 0.3 is 0 Å². The molecule has 0 saturated heterocycles.